The van der Waals surface area contributed by atoms with E-state index in [0.29, 0.717) is 13.2 Å². The lowest BCUT2D eigenvalue weighted by atomic mass is 9.65. The molecule has 1 aliphatic carbocycles. The quantitative estimate of drug-likeness (QED) is 0.102. The van der Waals surface area contributed by atoms with Gasteiger partial charge in [0.25, 0.3) is 0 Å². The van der Waals surface area contributed by atoms with Crippen molar-refractivity contribution in [1.29, 1.82) is 0 Å². The van der Waals surface area contributed by atoms with Crippen molar-refractivity contribution in [2.24, 2.45) is 0 Å². The van der Waals surface area contributed by atoms with Crippen molar-refractivity contribution >= 4 is 21.5 Å². The number of rotatable bonds is 16. The minimum absolute atomic E-state index is 0.248. The number of aliphatic hydroxyl groups is 2. The van der Waals surface area contributed by atoms with E-state index >= 15 is 0 Å². The van der Waals surface area contributed by atoms with Crippen molar-refractivity contribution in [3.8, 4) is 22.6 Å². The Kier molecular flexibility index (Phi) is 10.3. The first-order valence-corrected chi connectivity index (χ1v) is 18.0. The molecule has 6 aromatic carbocycles. The Morgan fingerprint density at radius 2 is 0.755 bits per heavy atom. The van der Waals surface area contributed by atoms with Gasteiger partial charge in [-0.25, -0.2) is 0 Å². The third kappa shape index (κ3) is 6.20. The Morgan fingerprint density at radius 1 is 0.367 bits per heavy atom. The van der Waals surface area contributed by atoms with Gasteiger partial charge in [0.1, 0.15) is 11.5 Å². The summed E-state index contributed by atoms with van der Waals surface area (Å²) < 4.78 is 12.9. The molecule has 0 spiro atoms. The first-order valence-electron chi connectivity index (χ1n) is 18.0. The second kappa shape index (κ2) is 15.3. The average molecular weight is 651 g/mol. The van der Waals surface area contributed by atoms with E-state index in [1.54, 1.807) is 0 Å². The summed E-state index contributed by atoms with van der Waals surface area (Å²) in [4.78, 5) is 0. The van der Waals surface area contributed by atoms with Gasteiger partial charge in [-0.3, -0.25) is 0 Å². The monoisotopic (exact) mass is 650 g/mol. The molecule has 4 nitrogen and oxygen atoms in total. The highest BCUT2D eigenvalue weighted by molar-refractivity contribution is 6.00. The molecule has 0 unspecified atom stereocenters. The highest BCUT2D eigenvalue weighted by Gasteiger charge is 2.47. The fraction of sp³-hybridized carbons (Fsp3) is 0.289. The van der Waals surface area contributed by atoms with E-state index in [2.05, 4.69) is 121 Å². The molecule has 0 saturated carbocycles. The van der Waals surface area contributed by atoms with Crippen LogP contribution in [-0.2, 0) is 5.41 Å². The summed E-state index contributed by atoms with van der Waals surface area (Å²) in [5.41, 5.74) is 6.97. The minimum atomic E-state index is -0.585. The Balaban J connectivity index is 1.39. The zero-order chi connectivity index (χ0) is 33.5. The van der Waals surface area contributed by atoms with Crippen LogP contribution in [0.3, 0.4) is 0 Å². The van der Waals surface area contributed by atoms with E-state index < -0.39 is 5.41 Å². The van der Waals surface area contributed by atoms with Crippen LogP contribution >= 0.6 is 0 Å². The van der Waals surface area contributed by atoms with Crippen LogP contribution in [0.2, 0.25) is 0 Å². The predicted molar refractivity (Wildman–Crippen MR) is 201 cm³/mol. The fourth-order valence-electron chi connectivity index (χ4n) is 7.93. The van der Waals surface area contributed by atoms with E-state index in [9.17, 15) is 0 Å². The van der Waals surface area contributed by atoms with Crippen LogP contribution in [0, 0.1) is 0 Å². The average Bonchev–Trinajstić information content (AvgIpc) is 3.45. The third-order valence-corrected chi connectivity index (χ3v) is 10.1. The second-order valence-electron chi connectivity index (χ2n) is 13.1. The molecule has 250 valence electrons. The van der Waals surface area contributed by atoms with Crippen molar-refractivity contribution in [3.63, 3.8) is 0 Å². The number of ether oxygens (including phenoxy) is 2. The maximum Gasteiger partial charge on any atom is 0.127 e. The van der Waals surface area contributed by atoms with E-state index in [-0.39, 0.29) is 13.2 Å². The van der Waals surface area contributed by atoms with Crippen molar-refractivity contribution in [3.05, 3.63) is 144 Å². The maximum absolute atomic E-state index is 9.16. The third-order valence-electron chi connectivity index (χ3n) is 10.1. The van der Waals surface area contributed by atoms with E-state index in [1.807, 2.05) is 0 Å². The van der Waals surface area contributed by atoms with Gasteiger partial charge in [-0.15, -0.1) is 0 Å². The topological polar surface area (TPSA) is 58.9 Å². The van der Waals surface area contributed by atoms with E-state index in [1.165, 1.54) is 44.2 Å². The molecule has 0 amide bonds. The number of hydrogen-bond acceptors (Lipinski definition) is 4. The number of benzene rings is 6. The maximum atomic E-state index is 9.16. The van der Waals surface area contributed by atoms with Gasteiger partial charge >= 0.3 is 0 Å². The highest BCUT2D eigenvalue weighted by Crippen LogP contribution is 2.58. The fourth-order valence-corrected chi connectivity index (χ4v) is 7.93. The van der Waals surface area contributed by atoms with Gasteiger partial charge in [0, 0.05) is 24.0 Å². The Hall–Kier alpha value is -4.64. The molecule has 2 N–H and O–H groups in total. The molecule has 0 aromatic heterocycles. The normalized spacial score (nSPS) is 13.0. The van der Waals surface area contributed by atoms with Gasteiger partial charge in [-0.05, 0) is 94.8 Å². The van der Waals surface area contributed by atoms with E-state index in [4.69, 9.17) is 19.7 Å². The summed E-state index contributed by atoms with van der Waals surface area (Å²) in [5.74, 6) is 1.81. The number of fused-ring (bicyclic) bond motifs is 5. The van der Waals surface area contributed by atoms with Gasteiger partial charge in [0.15, 0.2) is 0 Å². The summed E-state index contributed by atoms with van der Waals surface area (Å²) in [7, 11) is 0. The molecule has 49 heavy (non-hydrogen) atoms. The number of unbranched alkanes of at least 4 members (excludes halogenated alkanes) is 6. The molecule has 0 fully saturated rings. The molecule has 4 heteroatoms. The molecule has 0 radical (unpaired) electrons. The lowest BCUT2D eigenvalue weighted by Gasteiger charge is -2.36. The zero-order valence-electron chi connectivity index (χ0n) is 28.2. The Labute approximate surface area is 290 Å². The SMILES string of the molecule is OCCCCCCOc1cccc2c(C3(c4cccc5c(OCCCCCCO)cccc45)c4ccccc4-c4ccccc43)cccc12. The first-order chi connectivity index (χ1) is 24.3. The lowest BCUT2D eigenvalue weighted by Crippen LogP contribution is -2.29. The standard InChI is InChI=1S/C45H46O4/c46-29-9-1-3-11-31-48-43-27-15-19-35-37(43)21-13-25-41(35)45(39-23-7-5-17-33(39)34-18-6-8-24-40(34)45)42-26-14-22-38-36(42)20-16-28-44(38)49-32-12-4-2-10-30-47/h5-8,13-28,46-47H,1-4,9-12,29-32H2. The summed E-state index contributed by atoms with van der Waals surface area (Å²) in [6, 6.07) is 44.1. The van der Waals surface area contributed by atoms with Crippen LogP contribution in [0.25, 0.3) is 32.7 Å². The number of aliphatic hydroxyl groups excluding tert-OH is 2. The largest absolute Gasteiger partial charge is 0.493 e. The smallest absolute Gasteiger partial charge is 0.127 e. The van der Waals surface area contributed by atoms with Gasteiger partial charge < -0.3 is 19.7 Å². The highest BCUT2D eigenvalue weighted by atomic mass is 16.5. The predicted octanol–water partition coefficient (Wildman–Crippen LogP) is 10.2. The van der Waals surface area contributed by atoms with Gasteiger partial charge in [-0.2, -0.15) is 0 Å². The molecule has 0 bridgehead atoms. The van der Waals surface area contributed by atoms with Crippen molar-refractivity contribution in [1.82, 2.24) is 0 Å². The van der Waals surface area contributed by atoms with Gasteiger partial charge in [0.2, 0.25) is 0 Å². The van der Waals surface area contributed by atoms with Crippen LogP contribution in [0.15, 0.2) is 121 Å². The molecule has 6 aromatic rings. The summed E-state index contributed by atoms with van der Waals surface area (Å²) >= 11 is 0. The van der Waals surface area contributed by atoms with Crippen molar-refractivity contribution < 1.29 is 19.7 Å². The van der Waals surface area contributed by atoms with Crippen molar-refractivity contribution in [2.45, 2.75) is 56.8 Å². The van der Waals surface area contributed by atoms with Crippen LogP contribution < -0.4 is 9.47 Å². The molecule has 7 rings (SSSR count). The molecule has 0 aliphatic heterocycles. The Morgan fingerprint density at radius 3 is 1.22 bits per heavy atom. The lowest BCUT2D eigenvalue weighted by molar-refractivity contribution is 0.274. The minimum Gasteiger partial charge on any atom is -0.493 e. The molecule has 0 saturated heterocycles. The van der Waals surface area contributed by atoms with E-state index in [0.717, 1.165) is 73.6 Å². The second-order valence-corrected chi connectivity index (χ2v) is 13.1. The van der Waals surface area contributed by atoms with Crippen molar-refractivity contribution in [2.75, 3.05) is 26.4 Å². The van der Waals surface area contributed by atoms with Crippen LogP contribution in [-0.4, -0.2) is 36.6 Å². The van der Waals surface area contributed by atoms with Crippen LogP contribution in [0.4, 0.5) is 0 Å². The molecule has 0 heterocycles. The number of hydrogen-bond donors (Lipinski definition) is 2. The van der Waals surface area contributed by atoms with Gasteiger partial charge in [0.05, 0.1) is 18.6 Å². The summed E-state index contributed by atoms with van der Waals surface area (Å²) in [6.07, 6.45) is 7.74. The van der Waals surface area contributed by atoms with Crippen LogP contribution in [0.5, 0.6) is 11.5 Å². The Bertz CT molecular complexity index is 1880. The molecular weight excluding hydrogens is 604 g/mol. The summed E-state index contributed by atoms with van der Waals surface area (Å²) in [6.45, 7) is 1.80. The molecular formula is C45H46O4. The molecule has 1 aliphatic rings. The zero-order valence-corrected chi connectivity index (χ0v) is 28.2. The van der Waals surface area contributed by atoms with Crippen LogP contribution in [0.1, 0.15) is 73.6 Å². The first kappa shape index (κ1) is 32.9. The summed E-state index contributed by atoms with van der Waals surface area (Å²) in [5, 5.41) is 22.9. The van der Waals surface area contributed by atoms with Gasteiger partial charge in [-0.1, -0.05) is 122 Å². The molecule has 0 atom stereocenters.